The van der Waals surface area contributed by atoms with E-state index in [0.29, 0.717) is 5.75 Å². The first-order valence-corrected chi connectivity index (χ1v) is 4.11. The molecule has 0 saturated carbocycles. The molecule has 0 aromatic carbocycles. The third-order valence-electron chi connectivity index (χ3n) is 1.09. The van der Waals surface area contributed by atoms with Crippen LogP contribution in [0.1, 0.15) is 20.8 Å². The van der Waals surface area contributed by atoms with E-state index >= 15 is 0 Å². The number of hydrogen-bond acceptors (Lipinski definition) is 3. The highest BCUT2D eigenvalue weighted by molar-refractivity contribution is 7.80. The lowest BCUT2D eigenvalue weighted by Crippen LogP contribution is -2.48. The van der Waals surface area contributed by atoms with E-state index in [4.69, 9.17) is 5.11 Å². The van der Waals surface area contributed by atoms with Gasteiger partial charge in [0.05, 0.1) is 0 Å². The molecule has 0 heterocycles. The molecule has 0 aromatic rings. The van der Waals surface area contributed by atoms with E-state index in [-0.39, 0.29) is 5.54 Å². The monoisotopic (exact) mass is 177 g/mol. The van der Waals surface area contributed by atoms with Crippen LogP contribution in [0.5, 0.6) is 0 Å². The van der Waals surface area contributed by atoms with E-state index in [1.165, 1.54) is 0 Å². The van der Waals surface area contributed by atoms with Gasteiger partial charge < -0.3 is 5.11 Å². The fourth-order valence-corrected chi connectivity index (χ4v) is 0.956. The van der Waals surface area contributed by atoms with Crippen LogP contribution in [-0.4, -0.2) is 28.4 Å². The van der Waals surface area contributed by atoms with Crippen molar-refractivity contribution >= 4 is 18.6 Å². The molecule has 0 spiro atoms. The van der Waals surface area contributed by atoms with Crippen molar-refractivity contribution in [3.63, 3.8) is 0 Å². The van der Waals surface area contributed by atoms with E-state index in [9.17, 15) is 4.79 Å². The van der Waals surface area contributed by atoms with Crippen molar-refractivity contribution in [3.05, 3.63) is 0 Å². The Morgan fingerprint density at radius 2 is 2.09 bits per heavy atom. The zero-order chi connectivity index (χ0) is 9.07. The highest BCUT2D eigenvalue weighted by atomic mass is 32.1. The Balaban J connectivity index is 3.99. The van der Waals surface area contributed by atoms with Gasteiger partial charge in [0.25, 0.3) is 0 Å². The summed E-state index contributed by atoms with van der Waals surface area (Å²) in [5.41, 5.74) is -0.175. The highest BCUT2D eigenvalue weighted by Crippen LogP contribution is 2.02. The van der Waals surface area contributed by atoms with Crippen molar-refractivity contribution in [2.75, 3.05) is 5.75 Å². The topological polar surface area (TPSA) is 49.3 Å². The average molecular weight is 177 g/mol. The molecule has 0 fully saturated rings. The van der Waals surface area contributed by atoms with Gasteiger partial charge in [0.15, 0.2) is 0 Å². The highest BCUT2D eigenvalue weighted by Gasteiger charge is 2.21. The van der Waals surface area contributed by atoms with Crippen molar-refractivity contribution in [2.24, 2.45) is 0 Å². The Labute approximate surface area is 72.6 Å². The summed E-state index contributed by atoms with van der Waals surface area (Å²) in [5, 5.41) is 11.6. The molecule has 0 aliphatic carbocycles. The first-order chi connectivity index (χ1) is 4.87. The molecule has 0 saturated heterocycles. The summed E-state index contributed by atoms with van der Waals surface area (Å²) in [6, 6.07) is -0.557. The summed E-state index contributed by atoms with van der Waals surface area (Å²) < 4.78 is 0. The van der Waals surface area contributed by atoms with Gasteiger partial charge in [-0.1, -0.05) is 0 Å². The first-order valence-electron chi connectivity index (χ1n) is 3.48. The summed E-state index contributed by atoms with van der Waals surface area (Å²) in [7, 11) is 0. The predicted octanol–water partition coefficient (Wildman–Crippen LogP) is 0.758. The molecular formula is C7H15NO2S. The van der Waals surface area contributed by atoms with Crippen LogP contribution in [0.15, 0.2) is 0 Å². The van der Waals surface area contributed by atoms with Crippen LogP contribution < -0.4 is 5.32 Å². The molecule has 2 N–H and O–H groups in total. The number of nitrogens with one attached hydrogen (secondary N) is 1. The average Bonchev–Trinajstić information content (AvgIpc) is 1.80. The van der Waals surface area contributed by atoms with E-state index in [1.807, 2.05) is 20.8 Å². The maximum absolute atomic E-state index is 10.5. The Morgan fingerprint density at radius 3 is 2.18 bits per heavy atom. The lowest BCUT2D eigenvalue weighted by molar-refractivity contribution is -0.139. The molecule has 66 valence electrons. The zero-order valence-electron chi connectivity index (χ0n) is 7.09. The molecule has 1 atom stereocenters. The molecule has 0 aliphatic rings. The molecule has 0 aliphatic heterocycles. The summed E-state index contributed by atoms with van der Waals surface area (Å²) in [4.78, 5) is 10.5. The minimum absolute atomic E-state index is 0.175. The van der Waals surface area contributed by atoms with Gasteiger partial charge in [-0.15, -0.1) is 0 Å². The van der Waals surface area contributed by atoms with Gasteiger partial charge >= 0.3 is 5.97 Å². The van der Waals surface area contributed by atoms with Crippen LogP contribution in [0.2, 0.25) is 0 Å². The van der Waals surface area contributed by atoms with Gasteiger partial charge in [-0.25, -0.2) is 0 Å². The molecule has 0 rings (SSSR count). The smallest absolute Gasteiger partial charge is 0.321 e. The minimum atomic E-state index is -0.852. The molecule has 1 unspecified atom stereocenters. The van der Waals surface area contributed by atoms with Gasteiger partial charge in [0, 0.05) is 11.3 Å². The maximum Gasteiger partial charge on any atom is 0.321 e. The van der Waals surface area contributed by atoms with Gasteiger partial charge in [-0.2, -0.15) is 12.6 Å². The zero-order valence-corrected chi connectivity index (χ0v) is 7.98. The second-order valence-electron chi connectivity index (χ2n) is 3.47. The fraction of sp³-hybridized carbons (Fsp3) is 0.857. The van der Waals surface area contributed by atoms with Gasteiger partial charge in [0.2, 0.25) is 0 Å². The third kappa shape index (κ3) is 5.09. The Kier molecular flexibility index (Phi) is 3.89. The molecule has 11 heavy (non-hydrogen) atoms. The van der Waals surface area contributed by atoms with E-state index < -0.39 is 12.0 Å². The Bertz CT molecular complexity index is 142. The van der Waals surface area contributed by atoms with Crippen LogP contribution in [-0.2, 0) is 4.79 Å². The van der Waals surface area contributed by atoms with Crippen LogP contribution in [0.25, 0.3) is 0 Å². The minimum Gasteiger partial charge on any atom is -0.480 e. The summed E-state index contributed by atoms with van der Waals surface area (Å²) in [6.45, 7) is 5.77. The normalized spacial score (nSPS) is 14.5. The van der Waals surface area contributed by atoms with Gasteiger partial charge in [-0.3, -0.25) is 10.1 Å². The SMILES string of the molecule is CC(C)(C)NC(CS)C(=O)O. The number of carboxylic acids is 1. The molecule has 0 radical (unpaired) electrons. The maximum atomic E-state index is 10.5. The van der Waals surface area contributed by atoms with Crippen molar-refractivity contribution in [1.82, 2.24) is 5.32 Å². The van der Waals surface area contributed by atoms with Crippen molar-refractivity contribution < 1.29 is 9.90 Å². The molecule has 3 nitrogen and oxygen atoms in total. The van der Waals surface area contributed by atoms with E-state index in [2.05, 4.69) is 17.9 Å². The molecule has 0 bridgehead atoms. The molecule has 0 aromatic heterocycles. The Hall–Kier alpha value is -0.220. The number of carboxylic acid groups (broad SMARTS) is 1. The summed E-state index contributed by atoms with van der Waals surface area (Å²) in [6.07, 6.45) is 0. The number of thiol groups is 1. The number of aliphatic carboxylic acids is 1. The summed E-state index contributed by atoms with van der Waals surface area (Å²) in [5.74, 6) is -0.540. The molecular weight excluding hydrogens is 162 g/mol. The second kappa shape index (κ2) is 3.97. The Morgan fingerprint density at radius 1 is 1.64 bits per heavy atom. The first kappa shape index (κ1) is 10.8. The van der Waals surface area contributed by atoms with E-state index in [1.54, 1.807) is 0 Å². The lowest BCUT2D eigenvalue weighted by Gasteiger charge is -2.24. The van der Waals surface area contributed by atoms with Crippen molar-refractivity contribution in [1.29, 1.82) is 0 Å². The van der Waals surface area contributed by atoms with Crippen LogP contribution >= 0.6 is 12.6 Å². The second-order valence-corrected chi connectivity index (χ2v) is 3.83. The standard InChI is InChI=1S/C7H15NO2S/c1-7(2,3)8-5(4-11)6(9)10/h5,8,11H,4H2,1-3H3,(H,9,10). The third-order valence-corrected chi connectivity index (χ3v) is 1.45. The fourth-order valence-electron chi connectivity index (χ4n) is 0.708. The van der Waals surface area contributed by atoms with Gasteiger partial charge in [0.1, 0.15) is 6.04 Å². The van der Waals surface area contributed by atoms with Crippen LogP contribution in [0.4, 0.5) is 0 Å². The number of carbonyl (C=O) groups is 1. The largest absolute Gasteiger partial charge is 0.480 e. The molecule has 4 heteroatoms. The van der Waals surface area contributed by atoms with Crippen LogP contribution in [0.3, 0.4) is 0 Å². The number of hydrogen-bond donors (Lipinski definition) is 3. The number of rotatable bonds is 3. The molecule has 0 amide bonds. The predicted molar refractivity (Wildman–Crippen MR) is 48.2 cm³/mol. The van der Waals surface area contributed by atoms with E-state index in [0.717, 1.165) is 0 Å². The quantitative estimate of drug-likeness (QED) is 0.558. The van der Waals surface area contributed by atoms with Gasteiger partial charge in [-0.05, 0) is 20.8 Å². The van der Waals surface area contributed by atoms with Crippen molar-refractivity contribution in [3.8, 4) is 0 Å². The lowest BCUT2D eigenvalue weighted by atomic mass is 10.1. The summed E-state index contributed by atoms with van der Waals surface area (Å²) >= 11 is 3.92. The van der Waals surface area contributed by atoms with Crippen molar-refractivity contribution in [2.45, 2.75) is 32.4 Å². The van der Waals surface area contributed by atoms with Crippen LogP contribution in [0, 0.1) is 0 Å².